The fourth-order valence-electron chi connectivity index (χ4n) is 2.84. The van der Waals surface area contributed by atoms with Gasteiger partial charge in [0.1, 0.15) is 0 Å². The van der Waals surface area contributed by atoms with Crippen molar-refractivity contribution in [3.05, 3.63) is 102 Å². The molecule has 0 radical (unpaired) electrons. The third kappa shape index (κ3) is 4.22. The van der Waals surface area contributed by atoms with Gasteiger partial charge in [-0.15, -0.1) is 0 Å². The summed E-state index contributed by atoms with van der Waals surface area (Å²) in [6, 6.07) is 23.9. The molecule has 0 spiro atoms. The largest absolute Gasteiger partial charge is 0.321 e. The quantitative estimate of drug-likeness (QED) is 0.484. The monoisotopic (exact) mass is 400 g/mol. The molecule has 0 aliphatic carbocycles. The van der Waals surface area contributed by atoms with E-state index in [-0.39, 0.29) is 4.90 Å². The minimum atomic E-state index is -3.90. The number of benzene rings is 3. The lowest BCUT2D eigenvalue weighted by atomic mass is 9.94. The van der Waals surface area contributed by atoms with Crippen molar-refractivity contribution in [1.82, 2.24) is 4.72 Å². The van der Waals surface area contributed by atoms with E-state index in [1.807, 2.05) is 43.3 Å². The van der Waals surface area contributed by atoms with E-state index in [4.69, 9.17) is 17.3 Å². The van der Waals surface area contributed by atoms with Gasteiger partial charge in [-0.1, -0.05) is 90.0 Å². The predicted molar refractivity (Wildman–Crippen MR) is 109 cm³/mol. The van der Waals surface area contributed by atoms with Crippen molar-refractivity contribution in [2.75, 3.05) is 0 Å². The first-order valence-corrected chi connectivity index (χ1v) is 10.3. The Morgan fingerprint density at radius 2 is 1.41 bits per heavy atom. The van der Waals surface area contributed by atoms with E-state index in [0.717, 1.165) is 11.1 Å². The van der Waals surface area contributed by atoms with E-state index >= 15 is 0 Å². The number of halogens is 1. The molecule has 0 saturated heterocycles. The summed E-state index contributed by atoms with van der Waals surface area (Å²) < 4.78 is 28.7. The minimum Gasteiger partial charge on any atom is -0.321 e. The lowest BCUT2D eigenvalue weighted by Gasteiger charge is -2.34. The molecule has 3 N–H and O–H groups in total. The Morgan fingerprint density at radius 3 is 1.96 bits per heavy atom. The van der Waals surface area contributed by atoms with E-state index < -0.39 is 21.1 Å². The average molecular weight is 401 g/mol. The van der Waals surface area contributed by atoms with Crippen LogP contribution in [0, 0.1) is 6.92 Å². The first-order valence-electron chi connectivity index (χ1n) is 8.48. The lowest BCUT2D eigenvalue weighted by molar-refractivity contribution is 0.452. The molecule has 140 valence electrons. The van der Waals surface area contributed by atoms with E-state index in [0.29, 0.717) is 5.56 Å². The van der Waals surface area contributed by atoms with Crippen LogP contribution in [0.3, 0.4) is 0 Å². The first kappa shape index (κ1) is 19.6. The summed E-state index contributed by atoms with van der Waals surface area (Å²) in [5.74, 6) is 0. The fourth-order valence-corrected chi connectivity index (χ4v) is 4.65. The molecule has 3 aromatic rings. The molecule has 0 amide bonds. The van der Waals surface area contributed by atoms with Crippen LogP contribution in [0.15, 0.2) is 89.8 Å². The van der Waals surface area contributed by atoms with E-state index in [9.17, 15) is 8.42 Å². The highest BCUT2D eigenvalue weighted by atomic mass is 35.5. The number of hydrogen-bond acceptors (Lipinski definition) is 3. The third-order valence-electron chi connectivity index (χ3n) is 4.40. The smallest absolute Gasteiger partial charge is 0.242 e. The number of aryl methyl sites for hydroxylation is 1. The average Bonchev–Trinajstić information content (AvgIpc) is 2.68. The van der Waals surface area contributed by atoms with Crippen LogP contribution in [-0.2, 0) is 15.0 Å². The lowest BCUT2D eigenvalue weighted by Crippen LogP contribution is -2.48. The second-order valence-corrected chi connectivity index (χ2v) is 8.66. The molecule has 3 rings (SSSR count). The number of nitrogens with two attached hydrogens (primary N) is 1. The van der Waals surface area contributed by atoms with Gasteiger partial charge >= 0.3 is 0 Å². The Hall–Kier alpha value is -2.18. The summed E-state index contributed by atoms with van der Waals surface area (Å²) in [6.07, 6.45) is 0. The Labute approximate surface area is 165 Å². The van der Waals surface area contributed by atoms with Crippen molar-refractivity contribution in [3.63, 3.8) is 0 Å². The fraction of sp³-hybridized carbons (Fsp3) is 0.143. The van der Waals surface area contributed by atoms with Crippen molar-refractivity contribution < 1.29 is 8.42 Å². The SMILES string of the molecule is Cc1ccc(S(=O)(=O)N[C@](Cl)(c2ccccc2)[C@@H](N)c2ccccc2)cc1. The number of nitrogens with one attached hydrogen (secondary N) is 1. The Kier molecular flexibility index (Phi) is 5.67. The summed E-state index contributed by atoms with van der Waals surface area (Å²) in [4.78, 5) is -1.42. The van der Waals surface area contributed by atoms with Gasteiger partial charge in [-0.25, -0.2) is 8.42 Å². The highest BCUT2D eigenvalue weighted by Crippen LogP contribution is 2.38. The zero-order valence-corrected chi connectivity index (χ0v) is 16.4. The zero-order chi connectivity index (χ0) is 19.5. The Morgan fingerprint density at radius 1 is 0.889 bits per heavy atom. The number of rotatable bonds is 6. The summed E-state index contributed by atoms with van der Waals surface area (Å²) in [6.45, 7) is 1.89. The van der Waals surface area contributed by atoms with Crippen molar-refractivity contribution >= 4 is 21.6 Å². The summed E-state index contributed by atoms with van der Waals surface area (Å²) in [5, 5.41) is 0. The van der Waals surface area contributed by atoms with Gasteiger partial charge in [0.25, 0.3) is 0 Å². The maximum atomic E-state index is 13.0. The molecule has 0 bridgehead atoms. The van der Waals surface area contributed by atoms with E-state index in [1.165, 1.54) is 0 Å². The maximum Gasteiger partial charge on any atom is 0.242 e. The molecule has 6 heteroatoms. The van der Waals surface area contributed by atoms with Gasteiger partial charge in [0.15, 0.2) is 5.00 Å². The molecular formula is C21H21ClN2O2S. The minimum absolute atomic E-state index is 0.134. The third-order valence-corrected chi connectivity index (χ3v) is 6.54. The Bertz CT molecular complexity index is 993. The van der Waals surface area contributed by atoms with Crippen LogP contribution in [0.5, 0.6) is 0 Å². The highest BCUT2D eigenvalue weighted by molar-refractivity contribution is 7.89. The van der Waals surface area contributed by atoms with Crippen molar-refractivity contribution in [2.45, 2.75) is 22.9 Å². The maximum absolute atomic E-state index is 13.0. The van der Waals surface area contributed by atoms with Crippen LogP contribution < -0.4 is 10.5 Å². The van der Waals surface area contributed by atoms with Crippen molar-refractivity contribution in [2.24, 2.45) is 5.73 Å². The standard InChI is InChI=1S/C21H21ClN2O2S/c1-16-12-14-19(15-13-16)27(25,26)24-21(22,18-10-6-3-7-11-18)20(23)17-8-4-2-5-9-17/h2-15,20,24H,23H2,1H3/t20-,21+/m0/s1. The van der Waals surface area contributed by atoms with Crippen LogP contribution in [0.1, 0.15) is 22.7 Å². The highest BCUT2D eigenvalue weighted by Gasteiger charge is 2.41. The van der Waals surface area contributed by atoms with E-state index in [1.54, 1.807) is 48.5 Å². The molecule has 0 heterocycles. The summed E-state index contributed by atoms with van der Waals surface area (Å²) >= 11 is 6.90. The Balaban J connectivity index is 2.06. The second kappa shape index (κ2) is 7.82. The molecule has 3 aromatic carbocycles. The van der Waals surface area contributed by atoms with Crippen LogP contribution >= 0.6 is 11.6 Å². The van der Waals surface area contributed by atoms with Gasteiger partial charge in [0.05, 0.1) is 10.9 Å². The van der Waals surface area contributed by atoms with Crippen molar-refractivity contribution in [3.8, 4) is 0 Å². The molecule has 2 atom stereocenters. The second-order valence-electron chi connectivity index (χ2n) is 6.38. The van der Waals surface area contributed by atoms with Crippen LogP contribution in [-0.4, -0.2) is 8.42 Å². The molecule has 0 saturated carbocycles. The summed E-state index contributed by atoms with van der Waals surface area (Å²) in [7, 11) is -3.90. The van der Waals surface area contributed by atoms with Gasteiger partial charge in [-0.3, -0.25) is 0 Å². The number of sulfonamides is 1. The number of alkyl halides is 1. The predicted octanol–water partition coefficient (Wildman–Crippen LogP) is 4.07. The molecule has 4 nitrogen and oxygen atoms in total. The van der Waals surface area contributed by atoms with Gasteiger partial charge in [0, 0.05) is 0 Å². The van der Waals surface area contributed by atoms with Crippen LogP contribution in [0.4, 0.5) is 0 Å². The van der Waals surface area contributed by atoms with Crippen LogP contribution in [0.2, 0.25) is 0 Å². The molecule has 0 aliphatic rings. The van der Waals surface area contributed by atoms with Gasteiger partial charge in [-0.2, -0.15) is 4.72 Å². The molecule has 27 heavy (non-hydrogen) atoms. The molecule has 0 fully saturated rings. The van der Waals surface area contributed by atoms with Gasteiger partial charge < -0.3 is 5.73 Å². The zero-order valence-electron chi connectivity index (χ0n) is 14.8. The molecule has 0 aromatic heterocycles. The number of hydrogen-bond donors (Lipinski definition) is 2. The molecule has 0 aliphatic heterocycles. The molecule has 0 unspecified atom stereocenters. The van der Waals surface area contributed by atoms with Crippen molar-refractivity contribution in [1.29, 1.82) is 0 Å². The normalized spacial score (nSPS) is 15.1. The molecular weight excluding hydrogens is 380 g/mol. The van der Waals surface area contributed by atoms with E-state index in [2.05, 4.69) is 4.72 Å². The van der Waals surface area contributed by atoms with Crippen LogP contribution in [0.25, 0.3) is 0 Å². The van der Waals surface area contributed by atoms with Gasteiger partial charge in [0.2, 0.25) is 10.0 Å². The first-order chi connectivity index (χ1) is 12.8. The topological polar surface area (TPSA) is 72.2 Å². The van der Waals surface area contributed by atoms with Gasteiger partial charge in [-0.05, 0) is 30.2 Å². The summed E-state index contributed by atoms with van der Waals surface area (Å²) in [5.41, 5.74) is 8.72.